The van der Waals surface area contributed by atoms with Crippen molar-refractivity contribution < 1.29 is 13.4 Å². The Morgan fingerprint density at radius 2 is 1.77 bits per heavy atom. The molecular weight excluding hydrogens is 299 g/mol. The van der Waals surface area contributed by atoms with Gasteiger partial charge in [0.25, 0.3) is 10.0 Å². The fraction of sp³-hybridized carbons (Fsp3) is 0.133. The molecule has 1 aliphatic rings. The average molecular weight is 314 g/mol. The molecule has 0 amide bonds. The van der Waals surface area contributed by atoms with Crippen LogP contribution < -0.4 is 5.46 Å². The van der Waals surface area contributed by atoms with Crippen LogP contribution in [0.5, 0.6) is 0 Å². The second-order valence-electron chi connectivity index (χ2n) is 5.29. The van der Waals surface area contributed by atoms with Crippen LogP contribution in [0.25, 0.3) is 0 Å². The van der Waals surface area contributed by atoms with Crippen molar-refractivity contribution in [1.29, 1.82) is 0 Å². The largest absolute Gasteiger partial charge is 0.484 e. The Kier molecular flexibility index (Phi) is 3.54. The van der Waals surface area contributed by atoms with Crippen molar-refractivity contribution in [3.05, 3.63) is 59.2 Å². The van der Waals surface area contributed by atoms with Gasteiger partial charge in [-0.15, -0.1) is 0 Å². The summed E-state index contributed by atoms with van der Waals surface area (Å²) >= 11 is 0. The number of hydrogen-bond donors (Lipinski definition) is 1. The number of benzene rings is 2. The van der Waals surface area contributed by atoms with Crippen molar-refractivity contribution in [1.82, 2.24) is 4.33 Å². The molecule has 0 saturated heterocycles. The average Bonchev–Trinajstić information content (AvgIpc) is 2.49. The van der Waals surface area contributed by atoms with Gasteiger partial charge in [0.1, 0.15) is 0 Å². The number of hydrazone groups is 1. The van der Waals surface area contributed by atoms with Crippen molar-refractivity contribution in [2.75, 3.05) is 0 Å². The van der Waals surface area contributed by atoms with Gasteiger partial charge < -0.3 is 5.02 Å². The third-order valence-electron chi connectivity index (χ3n) is 3.71. The monoisotopic (exact) mass is 314 g/mol. The van der Waals surface area contributed by atoms with E-state index in [1.807, 2.05) is 19.9 Å². The highest BCUT2D eigenvalue weighted by molar-refractivity contribution is 7.90. The maximum atomic E-state index is 12.7. The normalized spacial score (nSPS) is 14.1. The van der Waals surface area contributed by atoms with E-state index in [4.69, 9.17) is 0 Å². The molecule has 0 radical (unpaired) electrons. The van der Waals surface area contributed by atoms with Gasteiger partial charge in [-0.1, -0.05) is 35.9 Å². The van der Waals surface area contributed by atoms with Crippen LogP contribution in [0.1, 0.15) is 16.7 Å². The van der Waals surface area contributed by atoms with Crippen LogP contribution in [-0.4, -0.2) is 31.0 Å². The third-order valence-corrected chi connectivity index (χ3v) is 5.37. The maximum Gasteiger partial charge on any atom is 0.484 e. The summed E-state index contributed by atoms with van der Waals surface area (Å²) < 4.78 is 26.1. The van der Waals surface area contributed by atoms with Crippen molar-refractivity contribution in [3.63, 3.8) is 0 Å². The van der Waals surface area contributed by atoms with E-state index in [2.05, 4.69) is 5.10 Å². The standard InChI is InChI=1S/C15H15BN2O3S/c1-11-6-8-13(9-7-11)22(20,21)18-16(19)15-5-3-4-12(2)14(15)10-17-18/h3-10,19H,1-2H3. The molecular formula is C15H15BN2O3S. The van der Waals surface area contributed by atoms with Gasteiger partial charge in [0.05, 0.1) is 11.1 Å². The summed E-state index contributed by atoms with van der Waals surface area (Å²) in [5, 5.41) is 14.4. The molecule has 7 heteroatoms. The van der Waals surface area contributed by atoms with Crippen LogP contribution in [0.3, 0.4) is 0 Å². The number of sulfonamides is 1. The number of fused-ring (bicyclic) bond motifs is 1. The lowest BCUT2D eigenvalue weighted by Gasteiger charge is -2.26. The molecule has 0 unspecified atom stereocenters. The van der Waals surface area contributed by atoms with Crippen LogP contribution in [-0.2, 0) is 10.0 Å². The minimum absolute atomic E-state index is 0.102. The van der Waals surface area contributed by atoms with E-state index >= 15 is 0 Å². The first-order valence-electron chi connectivity index (χ1n) is 6.84. The summed E-state index contributed by atoms with van der Waals surface area (Å²) in [6.45, 7) is 3.77. The quantitative estimate of drug-likeness (QED) is 0.842. The van der Waals surface area contributed by atoms with Gasteiger partial charge in [-0.25, -0.2) is 8.42 Å². The first-order chi connectivity index (χ1) is 10.4. The summed E-state index contributed by atoms with van der Waals surface area (Å²) in [5.41, 5.74) is 3.19. The summed E-state index contributed by atoms with van der Waals surface area (Å²) in [6.07, 6.45) is 1.48. The van der Waals surface area contributed by atoms with Gasteiger partial charge in [0.15, 0.2) is 0 Å². The van der Waals surface area contributed by atoms with E-state index in [-0.39, 0.29) is 4.90 Å². The summed E-state index contributed by atoms with van der Waals surface area (Å²) in [5.74, 6) is 0. The summed E-state index contributed by atoms with van der Waals surface area (Å²) in [7, 11) is -5.23. The molecule has 0 fully saturated rings. The summed E-state index contributed by atoms with van der Waals surface area (Å²) in [6, 6.07) is 11.8. The van der Waals surface area contributed by atoms with Crippen LogP contribution in [0.4, 0.5) is 0 Å². The second kappa shape index (κ2) is 5.26. The molecule has 0 aromatic heterocycles. The fourth-order valence-corrected chi connectivity index (χ4v) is 3.66. The van der Waals surface area contributed by atoms with E-state index in [0.29, 0.717) is 5.46 Å². The molecule has 112 valence electrons. The number of nitrogens with zero attached hydrogens (tertiary/aromatic N) is 2. The predicted molar refractivity (Wildman–Crippen MR) is 86.6 cm³/mol. The van der Waals surface area contributed by atoms with Crippen LogP contribution in [0.15, 0.2) is 52.5 Å². The highest BCUT2D eigenvalue weighted by atomic mass is 32.2. The zero-order chi connectivity index (χ0) is 15.9. The Morgan fingerprint density at radius 1 is 1.09 bits per heavy atom. The minimum Gasteiger partial charge on any atom is -0.427 e. The molecule has 3 rings (SSSR count). The molecule has 2 aromatic carbocycles. The molecule has 2 aromatic rings. The minimum atomic E-state index is -3.90. The lowest BCUT2D eigenvalue weighted by Crippen LogP contribution is -2.52. The Hall–Kier alpha value is -2.12. The van der Waals surface area contributed by atoms with E-state index in [0.717, 1.165) is 21.0 Å². The Bertz CT molecular complexity index is 848. The molecule has 0 atom stereocenters. The van der Waals surface area contributed by atoms with Gasteiger partial charge in [0.2, 0.25) is 0 Å². The van der Waals surface area contributed by atoms with Gasteiger partial charge >= 0.3 is 7.05 Å². The molecule has 22 heavy (non-hydrogen) atoms. The molecule has 0 spiro atoms. The van der Waals surface area contributed by atoms with Crippen molar-refractivity contribution >= 4 is 28.8 Å². The lowest BCUT2D eigenvalue weighted by atomic mass is 9.71. The molecule has 1 aliphatic heterocycles. The smallest absolute Gasteiger partial charge is 0.427 e. The molecule has 5 nitrogen and oxygen atoms in total. The second-order valence-corrected chi connectivity index (χ2v) is 7.08. The number of hydrogen-bond acceptors (Lipinski definition) is 4. The van der Waals surface area contributed by atoms with E-state index < -0.39 is 17.1 Å². The lowest BCUT2D eigenvalue weighted by molar-refractivity contribution is 0.476. The van der Waals surface area contributed by atoms with E-state index in [1.165, 1.54) is 18.3 Å². The Balaban J connectivity index is 2.05. The van der Waals surface area contributed by atoms with Gasteiger partial charge in [-0.05, 0) is 42.6 Å². The van der Waals surface area contributed by atoms with E-state index in [1.54, 1.807) is 24.3 Å². The molecule has 0 bridgehead atoms. The molecule has 0 saturated carbocycles. The van der Waals surface area contributed by atoms with Crippen molar-refractivity contribution in [2.45, 2.75) is 18.7 Å². The van der Waals surface area contributed by atoms with E-state index in [9.17, 15) is 13.4 Å². The van der Waals surface area contributed by atoms with Crippen molar-refractivity contribution in [2.24, 2.45) is 5.10 Å². The fourth-order valence-electron chi connectivity index (χ4n) is 2.41. The SMILES string of the molecule is Cc1ccc(S(=O)(=O)N2N=Cc3c(C)cccc3B2O)cc1. The highest BCUT2D eigenvalue weighted by Crippen LogP contribution is 2.20. The predicted octanol–water partition coefficient (Wildman–Crippen LogP) is 1.03. The zero-order valence-electron chi connectivity index (χ0n) is 12.3. The molecule has 1 N–H and O–H groups in total. The van der Waals surface area contributed by atoms with Gasteiger partial charge in [-0.2, -0.15) is 9.43 Å². The molecule has 1 heterocycles. The van der Waals surface area contributed by atoms with Gasteiger partial charge in [0, 0.05) is 0 Å². The first-order valence-corrected chi connectivity index (χ1v) is 8.28. The van der Waals surface area contributed by atoms with Crippen LogP contribution >= 0.6 is 0 Å². The summed E-state index contributed by atoms with van der Waals surface area (Å²) in [4.78, 5) is 0.102. The number of aryl methyl sites for hydroxylation is 2. The Labute approximate surface area is 130 Å². The van der Waals surface area contributed by atoms with Crippen LogP contribution in [0.2, 0.25) is 0 Å². The van der Waals surface area contributed by atoms with Crippen LogP contribution in [0, 0.1) is 13.8 Å². The third kappa shape index (κ3) is 2.32. The number of rotatable bonds is 2. The topological polar surface area (TPSA) is 70.0 Å². The Morgan fingerprint density at radius 3 is 2.45 bits per heavy atom. The first kappa shape index (κ1) is 14.8. The van der Waals surface area contributed by atoms with Gasteiger partial charge in [-0.3, -0.25) is 0 Å². The molecule has 0 aliphatic carbocycles. The maximum absolute atomic E-state index is 12.7. The zero-order valence-corrected chi connectivity index (χ0v) is 13.1. The van der Waals surface area contributed by atoms with Crippen molar-refractivity contribution in [3.8, 4) is 0 Å². The highest BCUT2D eigenvalue weighted by Gasteiger charge is 2.38.